The molecule has 3 aromatic rings. The van der Waals surface area contributed by atoms with Crippen LogP contribution in [-0.2, 0) is 0 Å². The molecule has 104 valence electrons. The molecule has 21 heavy (non-hydrogen) atoms. The number of benzene rings is 2. The van der Waals surface area contributed by atoms with E-state index in [1.54, 1.807) is 0 Å². The van der Waals surface area contributed by atoms with E-state index in [9.17, 15) is 20.2 Å². The van der Waals surface area contributed by atoms with Crippen molar-refractivity contribution < 1.29 is 9.85 Å². The van der Waals surface area contributed by atoms with E-state index in [4.69, 9.17) is 0 Å². The van der Waals surface area contributed by atoms with Gasteiger partial charge in [-0.3, -0.25) is 20.2 Å². The predicted octanol–water partition coefficient (Wildman–Crippen LogP) is 3.78. The average Bonchev–Trinajstić information content (AvgIpc) is 2.90. The van der Waals surface area contributed by atoms with Crippen molar-refractivity contribution >= 4 is 32.9 Å². The fraction of sp³-hybridized carbons (Fsp3) is 0. The molecule has 0 aliphatic carbocycles. The van der Waals surface area contributed by atoms with Crippen LogP contribution in [0.2, 0.25) is 0 Å². The summed E-state index contributed by atoms with van der Waals surface area (Å²) in [5.41, 5.74) is 0.230. The third kappa shape index (κ3) is 2.32. The Labute approximate surface area is 121 Å². The number of nitro groups is 2. The van der Waals surface area contributed by atoms with Gasteiger partial charge < -0.3 is 0 Å². The van der Waals surface area contributed by atoms with Crippen LogP contribution in [0.25, 0.3) is 20.8 Å². The van der Waals surface area contributed by atoms with Gasteiger partial charge in [0, 0.05) is 17.7 Å². The zero-order chi connectivity index (χ0) is 15.0. The number of nitrogens with zero attached hydrogens (tertiary/aromatic N) is 3. The normalized spacial score (nSPS) is 10.7. The molecule has 0 aliphatic heterocycles. The minimum atomic E-state index is -0.764. The van der Waals surface area contributed by atoms with Crippen molar-refractivity contribution in [2.45, 2.75) is 0 Å². The van der Waals surface area contributed by atoms with Crippen LogP contribution in [-0.4, -0.2) is 14.8 Å². The zero-order valence-electron chi connectivity index (χ0n) is 10.4. The SMILES string of the molecule is O=[N+]([O-])c1ccc(-c2nc3ccccc3s2)cc1[N+](=O)[O-]. The first-order valence-electron chi connectivity index (χ1n) is 5.85. The van der Waals surface area contributed by atoms with E-state index in [2.05, 4.69) is 4.98 Å². The van der Waals surface area contributed by atoms with Crippen molar-refractivity contribution in [3.8, 4) is 10.6 Å². The van der Waals surface area contributed by atoms with Crippen LogP contribution in [0.3, 0.4) is 0 Å². The Balaban J connectivity index is 2.16. The molecule has 0 N–H and O–H groups in total. The van der Waals surface area contributed by atoms with Crippen LogP contribution in [0.1, 0.15) is 0 Å². The molecule has 0 atom stereocenters. The summed E-state index contributed by atoms with van der Waals surface area (Å²) in [6.45, 7) is 0. The fourth-order valence-electron chi connectivity index (χ4n) is 1.95. The maximum atomic E-state index is 11.0. The van der Waals surface area contributed by atoms with Crippen LogP contribution in [0, 0.1) is 20.2 Å². The third-order valence-electron chi connectivity index (χ3n) is 2.91. The van der Waals surface area contributed by atoms with Gasteiger partial charge in [0.05, 0.1) is 20.1 Å². The highest BCUT2D eigenvalue weighted by atomic mass is 32.1. The molecular weight excluding hydrogens is 294 g/mol. The maximum Gasteiger partial charge on any atom is 0.346 e. The molecule has 0 aliphatic rings. The number of hydrogen-bond donors (Lipinski definition) is 0. The van der Waals surface area contributed by atoms with Crippen LogP contribution < -0.4 is 0 Å². The van der Waals surface area contributed by atoms with E-state index in [0.29, 0.717) is 10.6 Å². The molecule has 0 saturated heterocycles. The minimum absolute atomic E-state index is 0.494. The van der Waals surface area contributed by atoms with Gasteiger partial charge in [0.25, 0.3) is 0 Å². The first kappa shape index (κ1) is 13.1. The summed E-state index contributed by atoms with van der Waals surface area (Å²) in [5, 5.41) is 22.4. The second-order valence-corrected chi connectivity index (χ2v) is 5.24. The Hall–Kier alpha value is -2.87. The highest BCUT2D eigenvalue weighted by Gasteiger charge is 2.25. The lowest BCUT2D eigenvalue weighted by atomic mass is 10.2. The number of hydrogen-bond acceptors (Lipinski definition) is 6. The number of para-hydroxylation sites is 1. The van der Waals surface area contributed by atoms with Crippen LogP contribution in [0.5, 0.6) is 0 Å². The van der Waals surface area contributed by atoms with E-state index in [1.807, 2.05) is 24.3 Å². The number of rotatable bonds is 3. The molecule has 3 rings (SSSR count). The van der Waals surface area contributed by atoms with Crippen molar-refractivity contribution in [1.29, 1.82) is 0 Å². The molecule has 0 bridgehead atoms. The number of thiazole rings is 1. The maximum absolute atomic E-state index is 11.0. The van der Waals surface area contributed by atoms with Gasteiger partial charge in [0.2, 0.25) is 0 Å². The van der Waals surface area contributed by atoms with Crippen LogP contribution in [0.15, 0.2) is 42.5 Å². The van der Waals surface area contributed by atoms with Gasteiger partial charge in [-0.1, -0.05) is 12.1 Å². The largest absolute Gasteiger partial charge is 0.346 e. The third-order valence-corrected chi connectivity index (χ3v) is 4.00. The van der Waals surface area contributed by atoms with Crippen molar-refractivity contribution in [2.24, 2.45) is 0 Å². The molecule has 1 heterocycles. The summed E-state index contributed by atoms with van der Waals surface area (Å²) in [7, 11) is 0. The first-order valence-corrected chi connectivity index (χ1v) is 6.66. The van der Waals surface area contributed by atoms with Gasteiger partial charge in [0.1, 0.15) is 5.01 Å². The Bertz CT molecular complexity index is 842. The van der Waals surface area contributed by atoms with Crippen LogP contribution >= 0.6 is 11.3 Å². The Morgan fingerprint density at radius 2 is 1.67 bits per heavy atom. The topological polar surface area (TPSA) is 99.2 Å². The predicted molar refractivity (Wildman–Crippen MR) is 78.4 cm³/mol. The first-order chi connectivity index (χ1) is 10.1. The standard InChI is InChI=1S/C13H7N3O4S/c17-15(18)10-6-5-8(7-11(10)16(19)20)13-14-9-3-1-2-4-12(9)21-13/h1-7H. The van der Waals surface area contributed by atoms with Crippen molar-refractivity contribution in [2.75, 3.05) is 0 Å². The summed E-state index contributed by atoms with van der Waals surface area (Å²) < 4.78 is 0.952. The number of fused-ring (bicyclic) bond motifs is 1. The number of aromatic nitrogens is 1. The highest BCUT2D eigenvalue weighted by molar-refractivity contribution is 7.21. The second kappa shape index (κ2) is 4.91. The molecule has 8 heteroatoms. The van der Waals surface area contributed by atoms with Gasteiger partial charge in [-0.15, -0.1) is 11.3 Å². The lowest BCUT2D eigenvalue weighted by Crippen LogP contribution is -1.96. The molecule has 0 saturated carbocycles. The van der Waals surface area contributed by atoms with Gasteiger partial charge in [0.15, 0.2) is 0 Å². The van der Waals surface area contributed by atoms with Gasteiger partial charge in [-0.25, -0.2) is 4.98 Å². The highest BCUT2D eigenvalue weighted by Crippen LogP contribution is 2.35. The monoisotopic (exact) mass is 301 g/mol. The second-order valence-electron chi connectivity index (χ2n) is 4.20. The van der Waals surface area contributed by atoms with Gasteiger partial charge in [-0.2, -0.15) is 0 Å². The average molecular weight is 301 g/mol. The van der Waals surface area contributed by atoms with Gasteiger partial charge >= 0.3 is 11.4 Å². The Kier molecular flexibility index (Phi) is 3.07. The molecule has 0 unspecified atom stereocenters. The Morgan fingerprint density at radius 1 is 0.952 bits per heavy atom. The molecule has 0 spiro atoms. The molecule has 1 aromatic heterocycles. The van der Waals surface area contributed by atoms with E-state index in [1.165, 1.54) is 23.5 Å². The van der Waals surface area contributed by atoms with Crippen molar-refractivity contribution in [3.05, 3.63) is 62.7 Å². The Morgan fingerprint density at radius 3 is 2.33 bits per heavy atom. The molecule has 0 amide bonds. The summed E-state index contributed by atoms with van der Waals surface area (Å²) in [5.74, 6) is 0. The van der Waals surface area contributed by atoms with E-state index < -0.39 is 21.2 Å². The molecule has 7 nitrogen and oxygen atoms in total. The minimum Gasteiger partial charge on any atom is -0.258 e. The number of nitro benzene ring substituents is 2. The fourth-order valence-corrected chi connectivity index (χ4v) is 2.91. The van der Waals surface area contributed by atoms with Crippen molar-refractivity contribution in [1.82, 2.24) is 4.98 Å². The smallest absolute Gasteiger partial charge is 0.258 e. The molecule has 2 aromatic carbocycles. The van der Waals surface area contributed by atoms with Crippen LogP contribution in [0.4, 0.5) is 11.4 Å². The summed E-state index contributed by atoms with van der Waals surface area (Å²) in [6.07, 6.45) is 0. The molecule has 0 fully saturated rings. The van der Waals surface area contributed by atoms with Crippen molar-refractivity contribution in [3.63, 3.8) is 0 Å². The summed E-state index contributed by atoms with van der Waals surface area (Å²) >= 11 is 1.38. The summed E-state index contributed by atoms with van der Waals surface area (Å²) in [6, 6.07) is 11.3. The van der Waals surface area contributed by atoms with E-state index in [0.717, 1.165) is 16.3 Å². The molecular formula is C13H7N3O4S. The van der Waals surface area contributed by atoms with Gasteiger partial charge in [-0.05, 0) is 18.2 Å². The summed E-state index contributed by atoms with van der Waals surface area (Å²) in [4.78, 5) is 24.6. The molecule has 0 radical (unpaired) electrons. The van der Waals surface area contributed by atoms with E-state index in [-0.39, 0.29) is 0 Å². The lowest BCUT2D eigenvalue weighted by Gasteiger charge is -1.98. The zero-order valence-corrected chi connectivity index (χ0v) is 11.2. The van der Waals surface area contributed by atoms with E-state index >= 15 is 0 Å². The quantitative estimate of drug-likeness (QED) is 0.541. The lowest BCUT2D eigenvalue weighted by molar-refractivity contribution is -0.422.